The molecule has 2 aliphatic rings. The van der Waals surface area contributed by atoms with Crippen LogP contribution in [-0.4, -0.2) is 62.3 Å². The number of carboxylic acid groups (broad SMARTS) is 1. The first-order valence-electron chi connectivity index (χ1n) is 14.9. The lowest BCUT2D eigenvalue weighted by Crippen LogP contribution is -2.34. The van der Waals surface area contributed by atoms with Gasteiger partial charge in [0.2, 0.25) is 0 Å². The van der Waals surface area contributed by atoms with E-state index in [9.17, 15) is 14.3 Å². The Morgan fingerprint density at radius 2 is 1.91 bits per heavy atom. The van der Waals surface area contributed by atoms with Gasteiger partial charge in [-0.25, -0.2) is 18.6 Å². The van der Waals surface area contributed by atoms with Gasteiger partial charge in [-0.1, -0.05) is 5.10 Å². The van der Waals surface area contributed by atoms with Crippen molar-refractivity contribution in [1.82, 2.24) is 19.7 Å². The van der Waals surface area contributed by atoms with Gasteiger partial charge in [0.05, 0.1) is 12.2 Å². The topological polar surface area (TPSA) is 116 Å². The van der Waals surface area contributed by atoms with Gasteiger partial charge in [-0.2, -0.15) is 0 Å². The quantitative estimate of drug-likeness (QED) is 0.271. The average Bonchev–Trinajstić information content (AvgIpc) is 3.58. The Morgan fingerprint density at radius 3 is 2.59 bits per heavy atom. The molecule has 4 aromatic rings. The maximum absolute atomic E-state index is 15.7. The van der Waals surface area contributed by atoms with Crippen LogP contribution >= 0.6 is 0 Å². The van der Waals surface area contributed by atoms with Crippen molar-refractivity contribution in [3.63, 3.8) is 0 Å². The molecule has 1 aromatic carbocycles. The van der Waals surface area contributed by atoms with Crippen LogP contribution in [0.1, 0.15) is 68.5 Å². The number of aliphatic carboxylic acids is 1. The molecule has 12 heteroatoms. The van der Waals surface area contributed by atoms with Gasteiger partial charge in [0.1, 0.15) is 17.5 Å². The third kappa shape index (κ3) is 5.29. The van der Waals surface area contributed by atoms with Gasteiger partial charge >= 0.3 is 12.0 Å². The number of fused-ring (bicyclic) bond motifs is 2. The van der Waals surface area contributed by atoms with Crippen molar-refractivity contribution >= 4 is 23.0 Å². The number of aromatic nitrogens is 4. The number of pyridine rings is 1. The van der Waals surface area contributed by atoms with E-state index in [1.165, 1.54) is 6.07 Å². The number of aryl methyl sites for hydroxylation is 2. The fraction of sp³-hybridized carbons (Fsp3) is 0.500. The molecule has 0 radical (unpaired) electrons. The summed E-state index contributed by atoms with van der Waals surface area (Å²) in [5, 5.41) is 19.5. The van der Waals surface area contributed by atoms with Crippen molar-refractivity contribution in [1.29, 1.82) is 0 Å². The molecular weight excluding hydrogens is 572 g/mol. The predicted molar refractivity (Wildman–Crippen MR) is 160 cm³/mol. The fourth-order valence-electron chi connectivity index (χ4n) is 6.26. The lowest BCUT2D eigenvalue weighted by Gasteiger charge is -2.29. The van der Waals surface area contributed by atoms with Gasteiger partial charge in [0.25, 0.3) is 5.89 Å². The van der Waals surface area contributed by atoms with Crippen LogP contribution in [0.2, 0.25) is 0 Å². The number of hydrogen-bond donors (Lipinski definition) is 1. The van der Waals surface area contributed by atoms with Crippen LogP contribution in [0.4, 0.5) is 14.8 Å². The smallest absolute Gasteiger partial charge is 0.337 e. The highest BCUT2D eigenvalue weighted by Crippen LogP contribution is 2.45. The third-order valence-corrected chi connectivity index (χ3v) is 8.40. The second-order valence-electron chi connectivity index (χ2n) is 12.6. The number of ether oxygens (including phenoxy) is 2. The summed E-state index contributed by atoms with van der Waals surface area (Å²) in [7, 11) is 1.81. The fourth-order valence-corrected chi connectivity index (χ4v) is 6.26. The first-order chi connectivity index (χ1) is 20.8. The van der Waals surface area contributed by atoms with E-state index in [4.69, 9.17) is 18.9 Å². The molecule has 6 rings (SSSR count). The number of halogens is 2. The van der Waals surface area contributed by atoms with E-state index in [1.807, 2.05) is 17.9 Å². The second kappa shape index (κ2) is 11.1. The van der Waals surface area contributed by atoms with Gasteiger partial charge < -0.3 is 28.5 Å². The maximum Gasteiger partial charge on any atom is 0.337 e. The molecule has 1 N–H and O–H groups in total. The molecule has 1 fully saturated rings. The zero-order valence-corrected chi connectivity index (χ0v) is 25.8. The predicted octanol–water partition coefficient (Wildman–Crippen LogP) is 6.25. The van der Waals surface area contributed by atoms with Gasteiger partial charge in [0.15, 0.2) is 17.7 Å². The van der Waals surface area contributed by atoms with E-state index in [0.717, 1.165) is 17.5 Å². The molecule has 0 saturated carbocycles. The van der Waals surface area contributed by atoms with Crippen molar-refractivity contribution in [2.45, 2.75) is 78.2 Å². The van der Waals surface area contributed by atoms with Crippen molar-refractivity contribution in [2.75, 3.05) is 24.6 Å². The van der Waals surface area contributed by atoms with Crippen LogP contribution in [0, 0.1) is 19.7 Å². The van der Waals surface area contributed by atoms with Crippen molar-refractivity contribution in [3.8, 4) is 28.5 Å². The minimum atomic E-state index is -1.38. The molecule has 234 valence electrons. The minimum absolute atomic E-state index is 0.232. The zero-order chi connectivity index (χ0) is 31.5. The summed E-state index contributed by atoms with van der Waals surface area (Å²) in [6, 6.07) is 3.54. The molecule has 10 nitrogen and oxygen atoms in total. The summed E-state index contributed by atoms with van der Waals surface area (Å²) in [6.45, 7) is 10.4. The Kier molecular flexibility index (Phi) is 7.59. The number of anilines is 1. The lowest BCUT2D eigenvalue weighted by atomic mass is 9.86. The monoisotopic (exact) mass is 609 g/mol. The molecule has 44 heavy (non-hydrogen) atoms. The van der Waals surface area contributed by atoms with Crippen LogP contribution in [0.25, 0.3) is 33.7 Å². The van der Waals surface area contributed by atoms with Crippen molar-refractivity contribution in [2.24, 2.45) is 7.05 Å². The van der Waals surface area contributed by atoms with E-state index in [-0.39, 0.29) is 11.6 Å². The highest BCUT2D eigenvalue weighted by Gasteiger charge is 2.35. The van der Waals surface area contributed by atoms with Crippen LogP contribution in [-0.2, 0) is 23.0 Å². The van der Waals surface area contributed by atoms with Gasteiger partial charge in [0, 0.05) is 47.9 Å². The van der Waals surface area contributed by atoms with Crippen molar-refractivity contribution < 1.29 is 32.6 Å². The molecule has 1 saturated heterocycles. The molecule has 0 unspecified atom stereocenters. The van der Waals surface area contributed by atoms with E-state index < -0.39 is 29.7 Å². The summed E-state index contributed by atoms with van der Waals surface area (Å²) in [5.74, 6) is -1.21. The molecule has 2 aliphatic heterocycles. The molecule has 0 bridgehead atoms. The summed E-state index contributed by atoms with van der Waals surface area (Å²) >= 11 is 0. The number of rotatable bonds is 6. The molecular formula is C32H37F2N5O5. The highest BCUT2D eigenvalue weighted by molar-refractivity contribution is 6.01. The van der Waals surface area contributed by atoms with Gasteiger partial charge in [-0.05, 0) is 83.6 Å². The van der Waals surface area contributed by atoms with Crippen LogP contribution in [0.15, 0.2) is 16.5 Å². The van der Waals surface area contributed by atoms with E-state index in [0.29, 0.717) is 84.1 Å². The van der Waals surface area contributed by atoms with Crippen LogP contribution < -0.4 is 9.64 Å². The summed E-state index contributed by atoms with van der Waals surface area (Å²) in [6.07, 6.45) is -0.0476. The number of carboxylic acids is 1. The molecule has 3 aromatic heterocycles. The number of hydrogen-bond acceptors (Lipinski definition) is 8. The number of carbonyl (C=O) groups is 1. The zero-order valence-electron chi connectivity index (χ0n) is 25.8. The molecule has 1 atom stereocenters. The molecule has 0 amide bonds. The molecule has 5 heterocycles. The third-order valence-electron chi connectivity index (χ3n) is 8.40. The van der Waals surface area contributed by atoms with E-state index in [1.54, 1.807) is 39.3 Å². The Hall–Kier alpha value is -4.06. The van der Waals surface area contributed by atoms with E-state index in [2.05, 4.69) is 10.2 Å². The first-order valence-corrected chi connectivity index (χ1v) is 14.9. The first kappa shape index (κ1) is 30.0. The van der Waals surface area contributed by atoms with Crippen LogP contribution in [0.5, 0.6) is 5.75 Å². The number of alkyl halides is 1. The Bertz CT molecular complexity index is 1750. The molecule has 0 aliphatic carbocycles. The number of piperidine rings is 1. The summed E-state index contributed by atoms with van der Waals surface area (Å²) in [5.41, 5.74) is 3.68. The largest absolute Gasteiger partial charge is 0.490 e. The lowest BCUT2D eigenvalue weighted by molar-refractivity contribution is -0.160. The molecule has 0 spiro atoms. The summed E-state index contributed by atoms with van der Waals surface area (Å²) < 4.78 is 49.1. The number of benzene rings is 1. The maximum atomic E-state index is 15.7. The summed E-state index contributed by atoms with van der Waals surface area (Å²) in [4.78, 5) is 19.5. The SMILES string of the molecule is Cc1nc2c(cc(-c3nnc(N4CCC(F)CC4)o3)n2C)c(-c2cc(F)c3c(c2C)CCCO3)c1[C@H](OC(C)(C)C)C(=O)O. The second-order valence-corrected chi connectivity index (χ2v) is 12.6. The number of nitrogens with zero attached hydrogens (tertiary/aromatic N) is 5. The highest BCUT2D eigenvalue weighted by atomic mass is 19.1. The minimum Gasteiger partial charge on any atom is -0.490 e. The normalized spacial score (nSPS) is 16.7. The van der Waals surface area contributed by atoms with Crippen LogP contribution in [0.3, 0.4) is 0 Å². The standard InChI is InChI=1S/C32H37F2N5O5/c1-16-19-8-7-13-42-26(19)22(34)14-20(16)25-21-15-23(29-36-37-31(43-29)39-11-9-18(33)10-12-39)38(6)28(21)35-17(2)24(25)27(30(40)41)44-32(3,4)5/h14-15,18,27H,7-13H2,1-6H3,(H,40,41)/t27-/m0/s1. The Balaban J connectivity index is 1.59. The van der Waals surface area contributed by atoms with Crippen molar-refractivity contribution in [3.05, 3.63) is 40.3 Å². The van der Waals surface area contributed by atoms with Gasteiger partial charge in [-0.3, -0.25) is 0 Å². The van der Waals surface area contributed by atoms with E-state index >= 15 is 4.39 Å². The average molecular weight is 610 g/mol. The Labute approximate surface area is 254 Å². The Morgan fingerprint density at radius 1 is 1.18 bits per heavy atom. The van der Waals surface area contributed by atoms with Gasteiger partial charge in [-0.15, -0.1) is 5.10 Å².